The Kier molecular flexibility index (Phi) is 3.56. The van der Waals surface area contributed by atoms with E-state index in [4.69, 9.17) is 0 Å². The molecule has 0 aromatic heterocycles. The average molecular weight is 236 g/mol. The quantitative estimate of drug-likeness (QED) is 0.727. The highest BCUT2D eigenvalue weighted by Crippen LogP contribution is 2.33. The largest absolute Gasteiger partial charge is 0.400 e. The van der Waals surface area contributed by atoms with Crippen molar-refractivity contribution in [3.05, 3.63) is 12.7 Å². The summed E-state index contributed by atoms with van der Waals surface area (Å²) in [7, 11) is 0. The third-order valence-electron chi connectivity index (χ3n) is 2.26. The second-order valence-electron chi connectivity index (χ2n) is 3.41. The lowest BCUT2D eigenvalue weighted by atomic mass is 9.98. The van der Waals surface area contributed by atoms with Crippen molar-refractivity contribution in [2.45, 2.75) is 19.0 Å². The van der Waals surface area contributed by atoms with E-state index in [2.05, 4.69) is 6.58 Å². The minimum absolute atomic E-state index is 0.0883. The van der Waals surface area contributed by atoms with E-state index in [9.17, 15) is 22.8 Å². The molecule has 1 heterocycles. The Balaban J connectivity index is 2.72. The van der Waals surface area contributed by atoms with Crippen LogP contribution in [0.2, 0.25) is 0 Å². The molecular formula is C9H11F3N2O2. The molecule has 1 fully saturated rings. The van der Waals surface area contributed by atoms with Crippen LogP contribution in [-0.4, -0.2) is 29.5 Å². The number of hydrogen-bond acceptors (Lipinski definition) is 2. The topological polar surface area (TPSA) is 49.4 Å². The van der Waals surface area contributed by atoms with Gasteiger partial charge >= 0.3 is 6.18 Å². The van der Waals surface area contributed by atoms with Crippen LogP contribution in [0.1, 0.15) is 12.8 Å². The van der Waals surface area contributed by atoms with Crippen molar-refractivity contribution in [1.29, 1.82) is 0 Å². The fourth-order valence-corrected chi connectivity index (χ4v) is 1.47. The smallest absolute Gasteiger partial charge is 0.272 e. The molecule has 1 aliphatic heterocycles. The molecule has 0 saturated carbocycles. The number of halogens is 3. The summed E-state index contributed by atoms with van der Waals surface area (Å²) in [5.41, 5.74) is 2.05. The maximum absolute atomic E-state index is 12.4. The zero-order chi connectivity index (χ0) is 12.3. The fraction of sp³-hybridized carbons (Fsp3) is 0.556. The Morgan fingerprint density at radius 3 is 2.69 bits per heavy atom. The number of rotatable bonds is 2. The molecule has 16 heavy (non-hydrogen) atoms. The molecule has 0 bridgehead atoms. The van der Waals surface area contributed by atoms with Crippen LogP contribution >= 0.6 is 0 Å². The van der Waals surface area contributed by atoms with E-state index in [0.29, 0.717) is 5.01 Å². The van der Waals surface area contributed by atoms with E-state index >= 15 is 0 Å². The number of amides is 2. The summed E-state index contributed by atoms with van der Waals surface area (Å²) in [6, 6.07) is 0. The monoisotopic (exact) mass is 236 g/mol. The summed E-state index contributed by atoms with van der Waals surface area (Å²) in [6.45, 7) is 3.23. The van der Waals surface area contributed by atoms with Crippen LogP contribution in [0.4, 0.5) is 13.2 Å². The number of nitrogens with zero attached hydrogens (tertiary/aromatic N) is 1. The predicted octanol–water partition coefficient (Wildman–Crippen LogP) is 1.00. The molecule has 2 amide bonds. The zero-order valence-electron chi connectivity index (χ0n) is 8.38. The van der Waals surface area contributed by atoms with Crippen molar-refractivity contribution < 1.29 is 22.8 Å². The Bertz CT molecular complexity index is 314. The first-order chi connectivity index (χ1) is 7.36. The molecule has 1 N–H and O–H groups in total. The summed E-state index contributed by atoms with van der Waals surface area (Å²) >= 11 is 0. The second kappa shape index (κ2) is 4.54. The highest BCUT2D eigenvalue weighted by Gasteiger charge is 2.48. The van der Waals surface area contributed by atoms with Gasteiger partial charge in [0.15, 0.2) is 0 Å². The molecule has 4 nitrogen and oxygen atoms in total. The van der Waals surface area contributed by atoms with Gasteiger partial charge in [-0.05, 0) is 18.9 Å². The minimum Gasteiger partial charge on any atom is -0.272 e. The summed E-state index contributed by atoms with van der Waals surface area (Å²) in [6.07, 6.45) is -3.70. The van der Waals surface area contributed by atoms with Crippen LogP contribution in [-0.2, 0) is 9.59 Å². The molecule has 0 aliphatic carbocycles. The number of piperidine rings is 1. The standard InChI is InChI=1S/C9H11F3N2O2/c1-2-7(15)13-14-5-3-4-6(8(14)16)9(10,11)12/h2,6H,1,3-5H2,(H,13,15). The molecule has 0 spiro atoms. The van der Waals surface area contributed by atoms with Crippen LogP contribution in [0.15, 0.2) is 12.7 Å². The lowest BCUT2D eigenvalue weighted by Crippen LogP contribution is -2.54. The SMILES string of the molecule is C=CC(=O)NN1CCCC(C(F)(F)F)C1=O. The molecule has 1 atom stereocenters. The molecule has 0 aromatic rings. The van der Waals surface area contributed by atoms with Gasteiger partial charge < -0.3 is 0 Å². The van der Waals surface area contributed by atoms with Gasteiger partial charge in [-0.1, -0.05) is 6.58 Å². The lowest BCUT2D eigenvalue weighted by Gasteiger charge is -2.32. The van der Waals surface area contributed by atoms with Crippen molar-refractivity contribution in [2.75, 3.05) is 6.54 Å². The Labute approximate surface area is 90.1 Å². The van der Waals surface area contributed by atoms with Gasteiger partial charge in [-0.2, -0.15) is 13.2 Å². The normalized spacial score (nSPS) is 21.8. The minimum atomic E-state index is -4.56. The van der Waals surface area contributed by atoms with Crippen molar-refractivity contribution >= 4 is 11.8 Å². The van der Waals surface area contributed by atoms with Crippen molar-refractivity contribution in [1.82, 2.24) is 10.4 Å². The van der Waals surface area contributed by atoms with Gasteiger partial charge in [-0.3, -0.25) is 20.0 Å². The van der Waals surface area contributed by atoms with Crippen LogP contribution in [0.5, 0.6) is 0 Å². The molecule has 7 heteroatoms. The Morgan fingerprint density at radius 2 is 2.19 bits per heavy atom. The summed E-state index contributed by atoms with van der Waals surface area (Å²) in [5.74, 6) is -3.84. The highest BCUT2D eigenvalue weighted by atomic mass is 19.4. The Morgan fingerprint density at radius 1 is 1.56 bits per heavy atom. The number of nitrogens with one attached hydrogen (secondary N) is 1. The highest BCUT2D eigenvalue weighted by molar-refractivity contribution is 5.89. The van der Waals surface area contributed by atoms with Crippen LogP contribution < -0.4 is 5.43 Å². The maximum atomic E-state index is 12.4. The van der Waals surface area contributed by atoms with E-state index in [1.54, 1.807) is 0 Å². The van der Waals surface area contributed by atoms with Gasteiger partial charge in [0.05, 0.1) is 0 Å². The molecule has 1 unspecified atom stereocenters. The fourth-order valence-electron chi connectivity index (χ4n) is 1.47. The van der Waals surface area contributed by atoms with Gasteiger partial charge in [0.2, 0.25) is 0 Å². The number of hydrazine groups is 1. The zero-order valence-corrected chi connectivity index (χ0v) is 8.38. The molecule has 0 aromatic carbocycles. The third kappa shape index (κ3) is 2.74. The molecular weight excluding hydrogens is 225 g/mol. The van der Waals surface area contributed by atoms with Gasteiger partial charge in [-0.15, -0.1) is 0 Å². The van der Waals surface area contributed by atoms with E-state index < -0.39 is 23.9 Å². The summed E-state index contributed by atoms with van der Waals surface area (Å²) < 4.78 is 37.2. The first-order valence-electron chi connectivity index (χ1n) is 4.67. The first kappa shape index (κ1) is 12.5. The van der Waals surface area contributed by atoms with E-state index in [1.165, 1.54) is 0 Å². The summed E-state index contributed by atoms with van der Waals surface area (Å²) in [4.78, 5) is 22.3. The molecule has 1 saturated heterocycles. The van der Waals surface area contributed by atoms with Crippen LogP contribution in [0.3, 0.4) is 0 Å². The average Bonchev–Trinajstić information content (AvgIpc) is 2.19. The van der Waals surface area contributed by atoms with Crippen LogP contribution in [0, 0.1) is 5.92 Å². The van der Waals surface area contributed by atoms with Gasteiger partial charge in [0.1, 0.15) is 5.92 Å². The van der Waals surface area contributed by atoms with Gasteiger partial charge in [-0.25, -0.2) is 0 Å². The first-order valence-corrected chi connectivity index (χ1v) is 4.67. The molecule has 0 radical (unpaired) electrons. The number of carbonyl (C=O) groups is 2. The lowest BCUT2D eigenvalue weighted by molar-refractivity contribution is -0.197. The number of carbonyl (C=O) groups excluding carboxylic acids is 2. The van der Waals surface area contributed by atoms with E-state index in [-0.39, 0.29) is 19.4 Å². The maximum Gasteiger partial charge on any atom is 0.400 e. The van der Waals surface area contributed by atoms with Crippen molar-refractivity contribution in [3.8, 4) is 0 Å². The van der Waals surface area contributed by atoms with Crippen LogP contribution in [0.25, 0.3) is 0 Å². The predicted molar refractivity (Wildman–Crippen MR) is 48.8 cm³/mol. The van der Waals surface area contributed by atoms with Gasteiger partial charge in [0.25, 0.3) is 11.8 Å². The number of alkyl halides is 3. The van der Waals surface area contributed by atoms with Gasteiger partial charge in [0, 0.05) is 6.54 Å². The number of hydrogen-bond donors (Lipinski definition) is 1. The van der Waals surface area contributed by atoms with Crippen molar-refractivity contribution in [3.63, 3.8) is 0 Å². The summed E-state index contributed by atoms with van der Waals surface area (Å²) in [5, 5.41) is 0.700. The van der Waals surface area contributed by atoms with Crippen molar-refractivity contribution in [2.24, 2.45) is 5.92 Å². The molecule has 1 rings (SSSR count). The third-order valence-corrected chi connectivity index (χ3v) is 2.26. The Hall–Kier alpha value is -1.53. The molecule has 90 valence electrons. The van der Waals surface area contributed by atoms with E-state index in [1.807, 2.05) is 5.43 Å². The second-order valence-corrected chi connectivity index (χ2v) is 3.41. The molecule has 1 aliphatic rings. The van der Waals surface area contributed by atoms with E-state index in [0.717, 1.165) is 6.08 Å².